The third-order valence-corrected chi connectivity index (χ3v) is 7.08. The Morgan fingerprint density at radius 1 is 0.938 bits per heavy atom. The van der Waals surface area contributed by atoms with Gasteiger partial charge in [0, 0.05) is 11.0 Å². The van der Waals surface area contributed by atoms with E-state index in [1.807, 2.05) is 60.7 Å². The van der Waals surface area contributed by atoms with Crippen LogP contribution in [0.2, 0.25) is 0 Å². The number of hydrogen-bond acceptors (Lipinski definition) is 3. The van der Waals surface area contributed by atoms with E-state index < -0.39 is 5.60 Å². The largest absolute Gasteiger partial charge is 0.491 e. The molecule has 32 heavy (non-hydrogen) atoms. The summed E-state index contributed by atoms with van der Waals surface area (Å²) in [6, 6.07) is 28.3. The quantitative estimate of drug-likeness (QED) is 0.402. The van der Waals surface area contributed by atoms with Crippen LogP contribution >= 0.6 is 15.9 Å². The molecule has 1 N–H and O–H groups in total. The molecular weight excluding hydrogens is 462 g/mol. The second-order valence-electron chi connectivity index (χ2n) is 8.79. The van der Waals surface area contributed by atoms with Crippen molar-refractivity contribution in [1.29, 1.82) is 0 Å². The number of likely N-dealkylation sites (tertiary alicyclic amines) is 1. The standard InChI is InChI=1S/C28H32BrNO2/c1-22(32-27-14-8-13-26(29)21-27)15-18-30-19-16-25(17-20-30)28(31,23-9-4-2-5-10-23)24-11-6-3-7-12-24/h2-14,21-22,25,31H,15-20H2,1H3. The number of rotatable bonds is 8. The van der Waals surface area contributed by atoms with Crippen LogP contribution in [0.25, 0.3) is 0 Å². The average molecular weight is 494 g/mol. The number of nitrogens with zero attached hydrogens (tertiary/aromatic N) is 1. The summed E-state index contributed by atoms with van der Waals surface area (Å²) in [5.74, 6) is 1.10. The number of halogens is 1. The molecule has 0 saturated carbocycles. The summed E-state index contributed by atoms with van der Waals surface area (Å²) in [5, 5.41) is 12.0. The van der Waals surface area contributed by atoms with Crippen LogP contribution in [0.1, 0.15) is 37.3 Å². The predicted molar refractivity (Wildman–Crippen MR) is 134 cm³/mol. The fourth-order valence-electron chi connectivity index (χ4n) is 4.79. The first kappa shape index (κ1) is 23.0. The molecule has 1 atom stereocenters. The minimum absolute atomic E-state index is 0.160. The second-order valence-corrected chi connectivity index (χ2v) is 9.70. The van der Waals surface area contributed by atoms with Gasteiger partial charge in [-0.2, -0.15) is 0 Å². The van der Waals surface area contributed by atoms with E-state index >= 15 is 0 Å². The van der Waals surface area contributed by atoms with Crippen LogP contribution in [0.15, 0.2) is 89.4 Å². The van der Waals surface area contributed by atoms with E-state index in [-0.39, 0.29) is 12.0 Å². The Morgan fingerprint density at radius 2 is 1.53 bits per heavy atom. The maximum Gasteiger partial charge on any atom is 0.120 e. The topological polar surface area (TPSA) is 32.7 Å². The third kappa shape index (κ3) is 5.43. The Balaban J connectivity index is 1.36. The lowest BCUT2D eigenvalue weighted by molar-refractivity contribution is -0.0152. The molecule has 0 aromatic heterocycles. The van der Waals surface area contributed by atoms with E-state index in [0.29, 0.717) is 0 Å². The molecule has 1 unspecified atom stereocenters. The Morgan fingerprint density at radius 3 is 2.09 bits per heavy atom. The number of piperidine rings is 1. The predicted octanol–water partition coefficient (Wildman–Crippen LogP) is 6.25. The van der Waals surface area contributed by atoms with Gasteiger partial charge in [-0.1, -0.05) is 82.7 Å². The minimum Gasteiger partial charge on any atom is -0.491 e. The van der Waals surface area contributed by atoms with Gasteiger partial charge in [0.1, 0.15) is 11.4 Å². The molecule has 4 rings (SSSR count). The van der Waals surface area contributed by atoms with Crippen molar-refractivity contribution in [3.8, 4) is 5.75 Å². The molecule has 1 aliphatic rings. The molecule has 1 aliphatic heterocycles. The molecule has 3 aromatic carbocycles. The molecule has 0 spiro atoms. The van der Waals surface area contributed by atoms with E-state index in [1.165, 1.54) is 0 Å². The maximum atomic E-state index is 12.0. The van der Waals surface area contributed by atoms with Gasteiger partial charge in [-0.25, -0.2) is 0 Å². The van der Waals surface area contributed by atoms with Crippen LogP contribution in [-0.2, 0) is 5.60 Å². The summed E-state index contributed by atoms with van der Waals surface area (Å²) >= 11 is 3.50. The molecule has 0 radical (unpaired) electrons. The van der Waals surface area contributed by atoms with Crippen molar-refractivity contribution in [2.75, 3.05) is 19.6 Å². The third-order valence-electron chi connectivity index (χ3n) is 6.59. The van der Waals surface area contributed by atoms with Gasteiger partial charge in [-0.15, -0.1) is 0 Å². The fourth-order valence-corrected chi connectivity index (χ4v) is 5.17. The number of hydrogen-bond donors (Lipinski definition) is 1. The monoisotopic (exact) mass is 493 g/mol. The normalized spacial score (nSPS) is 16.6. The van der Waals surface area contributed by atoms with Gasteiger partial charge < -0.3 is 14.7 Å². The van der Waals surface area contributed by atoms with Crippen LogP contribution in [0, 0.1) is 5.92 Å². The summed E-state index contributed by atoms with van der Waals surface area (Å²) in [5.41, 5.74) is 1.02. The summed E-state index contributed by atoms with van der Waals surface area (Å²) in [6.07, 6.45) is 3.09. The van der Waals surface area contributed by atoms with E-state index in [4.69, 9.17) is 4.74 Å². The van der Waals surface area contributed by atoms with Gasteiger partial charge in [-0.05, 0) is 74.5 Å². The van der Waals surface area contributed by atoms with Gasteiger partial charge >= 0.3 is 0 Å². The van der Waals surface area contributed by atoms with E-state index in [2.05, 4.69) is 52.0 Å². The second kappa shape index (κ2) is 10.7. The number of benzene rings is 3. The lowest BCUT2D eigenvalue weighted by Gasteiger charge is -2.42. The number of aliphatic hydroxyl groups is 1. The lowest BCUT2D eigenvalue weighted by atomic mass is 9.72. The molecular formula is C28H32BrNO2. The van der Waals surface area contributed by atoms with Gasteiger partial charge in [0.05, 0.1) is 6.10 Å². The first-order valence-corrected chi connectivity index (χ1v) is 12.3. The van der Waals surface area contributed by atoms with Crippen LogP contribution in [0.3, 0.4) is 0 Å². The van der Waals surface area contributed by atoms with Crippen molar-refractivity contribution < 1.29 is 9.84 Å². The Labute approximate surface area is 200 Å². The van der Waals surface area contributed by atoms with Crippen molar-refractivity contribution in [2.45, 2.75) is 37.9 Å². The van der Waals surface area contributed by atoms with Gasteiger partial charge in [0.15, 0.2) is 0 Å². The highest BCUT2D eigenvalue weighted by Gasteiger charge is 2.41. The highest BCUT2D eigenvalue weighted by Crippen LogP contribution is 2.41. The van der Waals surface area contributed by atoms with Gasteiger partial charge in [0.2, 0.25) is 0 Å². The SMILES string of the molecule is CC(CCN1CCC(C(O)(c2ccccc2)c2ccccc2)CC1)Oc1cccc(Br)c1. The molecule has 0 amide bonds. The van der Waals surface area contributed by atoms with Crippen LogP contribution in [0.4, 0.5) is 0 Å². The van der Waals surface area contributed by atoms with Crippen LogP contribution < -0.4 is 4.74 Å². The van der Waals surface area contributed by atoms with Crippen molar-refractivity contribution in [2.24, 2.45) is 5.92 Å². The zero-order chi connectivity index (χ0) is 22.4. The summed E-state index contributed by atoms with van der Waals surface area (Å²) < 4.78 is 7.12. The molecule has 1 fully saturated rings. The summed E-state index contributed by atoms with van der Waals surface area (Å²) in [7, 11) is 0. The molecule has 3 aromatic rings. The van der Waals surface area contributed by atoms with Crippen LogP contribution in [-0.4, -0.2) is 35.7 Å². The summed E-state index contributed by atoms with van der Waals surface area (Å²) in [6.45, 7) is 5.14. The molecule has 3 nitrogen and oxygen atoms in total. The van der Waals surface area contributed by atoms with Gasteiger partial charge in [-0.3, -0.25) is 0 Å². The molecule has 1 saturated heterocycles. The molecule has 168 valence electrons. The minimum atomic E-state index is -0.953. The van der Waals surface area contributed by atoms with E-state index in [1.54, 1.807) is 0 Å². The first-order chi connectivity index (χ1) is 15.6. The highest BCUT2D eigenvalue weighted by atomic mass is 79.9. The zero-order valence-electron chi connectivity index (χ0n) is 18.7. The van der Waals surface area contributed by atoms with Crippen molar-refractivity contribution in [1.82, 2.24) is 4.90 Å². The molecule has 0 aliphatic carbocycles. The highest BCUT2D eigenvalue weighted by molar-refractivity contribution is 9.10. The van der Waals surface area contributed by atoms with Crippen LogP contribution in [0.5, 0.6) is 5.75 Å². The zero-order valence-corrected chi connectivity index (χ0v) is 20.2. The molecule has 0 bridgehead atoms. The van der Waals surface area contributed by atoms with Gasteiger partial charge in [0.25, 0.3) is 0 Å². The van der Waals surface area contributed by atoms with Crippen molar-refractivity contribution in [3.05, 3.63) is 101 Å². The van der Waals surface area contributed by atoms with E-state index in [9.17, 15) is 5.11 Å². The van der Waals surface area contributed by atoms with Crippen molar-refractivity contribution >= 4 is 15.9 Å². The number of ether oxygens (including phenoxy) is 1. The Kier molecular flexibility index (Phi) is 7.67. The smallest absolute Gasteiger partial charge is 0.120 e. The fraction of sp³-hybridized carbons (Fsp3) is 0.357. The Hall–Kier alpha value is -2.14. The maximum absolute atomic E-state index is 12.0. The summed E-state index contributed by atoms with van der Waals surface area (Å²) in [4.78, 5) is 2.51. The van der Waals surface area contributed by atoms with Crippen molar-refractivity contribution in [3.63, 3.8) is 0 Å². The van der Waals surface area contributed by atoms with E-state index in [0.717, 1.165) is 60.2 Å². The molecule has 4 heteroatoms. The lowest BCUT2D eigenvalue weighted by Crippen LogP contribution is -2.44. The molecule has 1 heterocycles. The Bertz CT molecular complexity index is 931. The average Bonchev–Trinajstić information content (AvgIpc) is 2.84. The first-order valence-electron chi connectivity index (χ1n) is 11.5.